The van der Waals surface area contributed by atoms with Crippen LogP contribution in [-0.4, -0.2) is 24.5 Å². The highest BCUT2D eigenvalue weighted by Crippen LogP contribution is 2.32. The Morgan fingerprint density at radius 3 is 2.82 bits per heavy atom. The minimum atomic E-state index is 0.586. The minimum Gasteiger partial charge on any atom is -0.299 e. The van der Waals surface area contributed by atoms with Crippen LogP contribution in [0.3, 0.4) is 0 Å². The van der Waals surface area contributed by atoms with Gasteiger partial charge in [-0.25, -0.2) is 0 Å². The Morgan fingerprint density at radius 1 is 1.64 bits per heavy atom. The van der Waals surface area contributed by atoms with Gasteiger partial charge in [-0.3, -0.25) is 4.90 Å². The number of hydrogen-bond donors (Lipinski definition) is 0. The lowest BCUT2D eigenvalue weighted by Crippen LogP contribution is -2.24. The van der Waals surface area contributed by atoms with E-state index in [1.165, 1.54) is 25.9 Å². The second kappa shape index (κ2) is 3.40. The zero-order chi connectivity index (χ0) is 8.32. The van der Waals surface area contributed by atoms with Gasteiger partial charge < -0.3 is 0 Å². The largest absolute Gasteiger partial charge is 0.299 e. The zero-order valence-corrected chi connectivity index (χ0v) is 7.77. The molecule has 1 nitrogen and oxygen atoms in total. The third-order valence-corrected chi connectivity index (χ3v) is 2.88. The van der Waals surface area contributed by atoms with Crippen LogP contribution in [0.2, 0.25) is 0 Å². The van der Waals surface area contributed by atoms with Crippen LogP contribution in [-0.2, 0) is 0 Å². The number of hydrogen-bond acceptors (Lipinski definition) is 1. The van der Waals surface area contributed by atoms with Gasteiger partial charge in [-0.1, -0.05) is 19.9 Å². The van der Waals surface area contributed by atoms with Crippen LogP contribution in [0.25, 0.3) is 0 Å². The van der Waals surface area contributed by atoms with E-state index < -0.39 is 0 Å². The van der Waals surface area contributed by atoms with Crippen LogP contribution in [0.1, 0.15) is 26.7 Å². The first-order chi connectivity index (χ1) is 5.20. The fraction of sp³-hybridized carbons (Fsp3) is 0.800. The van der Waals surface area contributed by atoms with E-state index in [-0.39, 0.29) is 0 Å². The molecule has 0 spiro atoms. The lowest BCUT2D eigenvalue weighted by molar-refractivity contribution is 0.285. The van der Waals surface area contributed by atoms with Gasteiger partial charge in [0.1, 0.15) is 0 Å². The van der Waals surface area contributed by atoms with Gasteiger partial charge in [0.2, 0.25) is 0 Å². The third-order valence-electron chi connectivity index (χ3n) is 2.88. The third kappa shape index (κ3) is 2.06. The monoisotopic (exact) mass is 153 g/mol. The standard InChI is InChI=1S/C10H19N/c1-4-7-11-8-6-10(3,5-2)9-11/h4H,1,5-9H2,2-3H3. The minimum absolute atomic E-state index is 0.586. The molecule has 0 radical (unpaired) electrons. The maximum absolute atomic E-state index is 3.76. The van der Waals surface area contributed by atoms with Crippen molar-refractivity contribution in [3.05, 3.63) is 12.7 Å². The van der Waals surface area contributed by atoms with Crippen molar-refractivity contribution in [3.63, 3.8) is 0 Å². The molecule has 1 rings (SSSR count). The van der Waals surface area contributed by atoms with Gasteiger partial charge in [0, 0.05) is 13.1 Å². The van der Waals surface area contributed by atoms with Gasteiger partial charge >= 0.3 is 0 Å². The molecule has 1 aliphatic heterocycles. The van der Waals surface area contributed by atoms with Gasteiger partial charge in [-0.05, 0) is 24.8 Å². The van der Waals surface area contributed by atoms with Gasteiger partial charge in [-0.2, -0.15) is 0 Å². The Balaban J connectivity index is 2.39. The smallest absolute Gasteiger partial charge is 0.0160 e. The van der Waals surface area contributed by atoms with E-state index in [9.17, 15) is 0 Å². The lowest BCUT2D eigenvalue weighted by atomic mass is 9.87. The summed E-state index contributed by atoms with van der Waals surface area (Å²) in [6.45, 7) is 12.0. The van der Waals surface area contributed by atoms with E-state index in [1.807, 2.05) is 6.08 Å². The number of rotatable bonds is 3. The van der Waals surface area contributed by atoms with Crippen LogP contribution >= 0.6 is 0 Å². The SMILES string of the molecule is C=CCN1CCC(C)(CC)C1. The summed E-state index contributed by atoms with van der Waals surface area (Å²) in [6.07, 6.45) is 4.67. The molecule has 0 aromatic heterocycles. The Kier molecular flexibility index (Phi) is 2.72. The topological polar surface area (TPSA) is 3.24 Å². The van der Waals surface area contributed by atoms with Crippen LogP contribution in [0.15, 0.2) is 12.7 Å². The Hall–Kier alpha value is -0.300. The molecule has 1 aliphatic rings. The summed E-state index contributed by atoms with van der Waals surface area (Å²) in [5.74, 6) is 0. The summed E-state index contributed by atoms with van der Waals surface area (Å²) in [7, 11) is 0. The Bertz CT molecular complexity index is 142. The van der Waals surface area contributed by atoms with E-state index >= 15 is 0 Å². The molecule has 1 saturated heterocycles. The molecule has 1 unspecified atom stereocenters. The summed E-state index contributed by atoms with van der Waals surface area (Å²) in [4.78, 5) is 2.48. The molecule has 0 amide bonds. The van der Waals surface area contributed by atoms with Gasteiger partial charge in [0.05, 0.1) is 0 Å². The van der Waals surface area contributed by atoms with Gasteiger partial charge in [0.15, 0.2) is 0 Å². The molecule has 0 aromatic rings. The van der Waals surface area contributed by atoms with Crippen LogP contribution < -0.4 is 0 Å². The highest BCUT2D eigenvalue weighted by molar-refractivity contribution is 4.87. The number of likely N-dealkylation sites (tertiary alicyclic amines) is 1. The molecule has 0 bridgehead atoms. The summed E-state index contributed by atoms with van der Waals surface area (Å²) in [5, 5.41) is 0. The predicted molar refractivity (Wildman–Crippen MR) is 49.7 cm³/mol. The average molecular weight is 153 g/mol. The fourth-order valence-corrected chi connectivity index (χ4v) is 1.75. The van der Waals surface area contributed by atoms with Crippen molar-refractivity contribution in [1.82, 2.24) is 4.90 Å². The zero-order valence-electron chi connectivity index (χ0n) is 7.77. The molecule has 0 aromatic carbocycles. The van der Waals surface area contributed by atoms with Crippen molar-refractivity contribution >= 4 is 0 Å². The molecule has 1 heteroatoms. The average Bonchev–Trinajstić information content (AvgIpc) is 2.35. The quantitative estimate of drug-likeness (QED) is 0.562. The molecular weight excluding hydrogens is 134 g/mol. The summed E-state index contributed by atoms with van der Waals surface area (Å²) >= 11 is 0. The molecule has 11 heavy (non-hydrogen) atoms. The molecule has 1 heterocycles. The van der Waals surface area contributed by atoms with Crippen molar-refractivity contribution in [2.45, 2.75) is 26.7 Å². The molecule has 0 aliphatic carbocycles. The van der Waals surface area contributed by atoms with E-state index in [0.29, 0.717) is 5.41 Å². The normalized spacial score (nSPS) is 32.5. The van der Waals surface area contributed by atoms with Crippen LogP contribution in [0.4, 0.5) is 0 Å². The maximum atomic E-state index is 3.76. The van der Waals surface area contributed by atoms with E-state index in [4.69, 9.17) is 0 Å². The Morgan fingerprint density at radius 2 is 2.36 bits per heavy atom. The highest BCUT2D eigenvalue weighted by atomic mass is 15.1. The molecule has 64 valence electrons. The maximum Gasteiger partial charge on any atom is 0.0160 e. The van der Waals surface area contributed by atoms with Crippen LogP contribution in [0, 0.1) is 5.41 Å². The second-order valence-corrected chi connectivity index (χ2v) is 3.94. The van der Waals surface area contributed by atoms with Gasteiger partial charge in [-0.15, -0.1) is 6.58 Å². The van der Waals surface area contributed by atoms with Crippen LogP contribution in [0.5, 0.6) is 0 Å². The summed E-state index contributed by atoms with van der Waals surface area (Å²) < 4.78 is 0. The van der Waals surface area contributed by atoms with Crippen molar-refractivity contribution in [2.75, 3.05) is 19.6 Å². The van der Waals surface area contributed by atoms with Gasteiger partial charge in [0.25, 0.3) is 0 Å². The molecule has 1 fully saturated rings. The predicted octanol–water partition coefficient (Wildman–Crippen LogP) is 2.29. The first-order valence-electron chi connectivity index (χ1n) is 4.53. The number of nitrogens with zero attached hydrogens (tertiary/aromatic N) is 1. The molecule has 1 atom stereocenters. The molecular formula is C10H19N. The molecule has 0 N–H and O–H groups in total. The fourth-order valence-electron chi connectivity index (χ4n) is 1.75. The van der Waals surface area contributed by atoms with Crippen molar-refractivity contribution in [3.8, 4) is 0 Å². The molecule has 0 saturated carbocycles. The van der Waals surface area contributed by atoms with E-state index in [0.717, 1.165) is 6.54 Å². The van der Waals surface area contributed by atoms with Crippen molar-refractivity contribution in [2.24, 2.45) is 5.41 Å². The van der Waals surface area contributed by atoms with Crippen molar-refractivity contribution < 1.29 is 0 Å². The second-order valence-electron chi connectivity index (χ2n) is 3.94. The van der Waals surface area contributed by atoms with E-state index in [1.54, 1.807) is 0 Å². The lowest BCUT2D eigenvalue weighted by Gasteiger charge is -2.21. The summed E-state index contributed by atoms with van der Waals surface area (Å²) in [5.41, 5.74) is 0.586. The first kappa shape index (κ1) is 8.79. The van der Waals surface area contributed by atoms with Crippen molar-refractivity contribution in [1.29, 1.82) is 0 Å². The summed E-state index contributed by atoms with van der Waals surface area (Å²) in [6, 6.07) is 0. The van der Waals surface area contributed by atoms with E-state index in [2.05, 4.69) is 25.3 Å². The highest BCUT2D eigenvalue weighted by Gasteiger charge is 2.30. The first-order valence-corrected chi connectivity index (χ1v) is 4.53. The Labute approximate surface area is 70.1 Å².